The van der Waals surface area contributed by atoms with Gasteiger partial charge in [-0.05, 0) is 43.3 Å². The molecule has 1 aliphatic heterocycles. The topological polar surface area (TPSA) is 62.7 Å². The number of halogens is 1. The van der Waals surface area contributed by atoms with Gasteiger partial charge < -0.3 is 14.5 Å². The predicted molar refractivity (Wildman–Crippen MR) is 102 cm³/mol. The standard InChI is InChI=1S/C19H20BrN3O3/c1-2-26-19(25)15-5-8-17(21-13-15)22-9-11-23(12-10-22)18(24)14-3-6-16(20)7-4-14/h3-8,13H,2,9-12H2,1H3. The molecule has 136 valence electrons. The van der Waals surface area contributed by atoms with Crippen molar-refractivity contribution >= 4 is 33.6 Å². The van der Waals surface area contributed by atoms with Gasteiger partial charge in [0.15, 0.2) is 0 Å². The number of carbonyl (C=O) groups excluding carboxylic acids is 2. The van der Waals surface area contributed by atoms with Crippen LogP contribution in [0.2, 0.25) is 0 Å². The molecule has 7 heteroatoms. The molecule has 2 aromatic rings. The maximum atomic E-state index is 12.6. The number of hydrogen-bond acceptors (Lipinski definition) is 5. The second-order valence-corrected chi connectivity index (χ2v) is 6.83. The van der Waals surface area contributed by atoms with Gasteiger partial charge in [0.05, 0.1) is 12.2 Å². The third-order valence-electron chi connectivity index (χ3n) is 4.24. The Balaban J connectivity index is 1.59. The van der Waals surface area contributed by atoms with Crippen molar-refractivity contribution in [2.75, 3.05) is 37.7 Å². The molecule has 6 nitrogen and oxygen atoms in total. The second-order valence-electron chi connectivity index (χ2n) is 5.91. The van der Waals surface area contributed by atoms with Gasteiger partial charge in [-0.1, -0.05) is 15.9 Å². The highest BCUT2D eigenvalue weighted by Gasteiger charge is 2.23. The van der Waals surface area contributed by atoms with Crippen LogP contribution in [-0.2, 0) is 4.74 Å². The summed E-state index contributed by atoms with van der Waals surface area (Å²) in [6.45, 7) is 4.79. The minimum atomic E-state index is -0.364. The molecule has 0 saturated carbocycles. The van der Waals surface area contributed by atoms with E-state index in [9.17, 15) is 9.59 Å². The summed E-state index contributed by atoms with van der Waals surface area (Å²) in [7, 11) is 0. The summed E-state index contributed by atoms with van der Waals surface area (Å²) in [6, 6.07) is 10.9. The third-order valence-corrected chi connectivity index (χ3v) is 4.77. The lowest BCUT2D eigenvalue weighted by molar-refractivity contribution is 0.0525. The van der Waals surface area contributed by atoms with E-state index >= 15 is 0 Å². The largest absolute Gasteiger partial charge is 0.462 e. The van der Waals surface area contributed by atoms with Crippen molar-refractivity contribution in [3.8, 4) is 0 Å². The van der Waals surface area contributed by atoms with Gasteiger partial charge in [0.1, 0.15) is 5.82 Å². The van der Waals surface area contributed by atoms with Gasteiger partial charge in [-0.25, -0.2) is 9.78 Å². The van der Waals surface area contributed by atoms with Gasteiger partial charge in [-0.15, -0.1) is 0 Å². The van der Waals surface area contributed by atoms with E-state index in [-0.39, 0.29) is 11.9 Å². The number of aromatic nitrogens is 1. The Morgan fingerprint density at radius 2 is 1.69 bits per heavy atom. The molecule has 1 aromatic heterocycles. The van der Waals surface area contributed by atoms with E-state index in [4.69, 9.17) is 4.74 Å². The normalized spacial score (nSPS) is 14.2. The first-order valence-corrected chi connectivity index (χ1v) is 9.30. The summed E-state index contributed by atoms with van der Waals surface area (Å²) in [6.07, 6.45) is 1.53. The minimum absolute atomic E-state index is 0.0442. The van der Waals surface area contributed by atoms with Crippen LogP contribution in [0.25, 0.3) is 0 Å². The fourth-order valence-electron chi connectivity index (χ4n) is 2.82. The Hall–Kier alpha value is -2.41. The summed E-state index contributed by atoms with van der Waals surface area (Å²) < 4.78 is 5.92. The average Bonchev–Trinajstić information content (AvgIpc) is 2.68. The number of carbonyl (C=O) groups is 2. The molecule has 0 atom stereocenters. The molecule has 2 heterocycles. The summed E-state index contributed by atoms with van der Waals surface area (Å²) >= 11 is 3.38. The van der Waals surface area contributed by atoms with Crippen molar-refractivity contribution in [3.63, 3.8) is 0 Å². The molecule has 0 bridgehead atoms. The number of nitrogens with zero attached hydrogens (tertiary/aromatic N) is 3. The van der Waals surface area contributed by atoms with Gasteiger partial charge in [-0.2, -0.15) is 0 Å². The Morgan fingerprint density at radius 1 is 1.04 bits per heavy atom. The number of esters is 1. The molecule has 0 aliphatic carbocycles. The summed E-state index contributed by atoms with van der Waals surface area (Å²) in [4.78, 5) is 32.6. The zero-order chi connectivity index (χ0) is 18.5. The molecule has 3 rings (SSSR count). The number of amides is 1. The van der Waals surface area contributed by atoms with E-state index in [0.29, 0.717) is 43.9 Å². The molecule has 1 aliphatic rings. The van der Waals surface area contributed by atoms with Crippen LogP contribution in [-0.4, -0.2) is 54.5 Å². The van der Waals surface area contributed by atoms with Gasteiger partial charge >= 0.3 is 5.97 Å². The molecular formula is C19H20BrN3O3. The zero-order valence-electron chi connectivity index (χ0n) is 14.5. The lowest BCUT2D eigenvalue weighted by atomic mass is 10.2. The minimum Gasteiger partial charge on any atom is -0.462 e. The maximum absolute atomic E-state index is 12.6. The molecule has 0 N–H and O–H groups in total. The van der Waals surface area contributed by atoms with Crippen molar-refractivity contribution < 1.29 is 14.3 Å². The first kappa shape index (κ1) is 18.4. The third kappa shape index (κ3) is 4.22. The second kappa shape index (κ2) is 8.31. The van der Waals surface area contributed by atoms with E-state index in [1.807, 2.05) is 35.2 Å². The van der Waals surface area contributed by atoms with Crippen LogP contribution >= 0.6 is 15.9 Å². The fourth-order valence-corrected chi connectivity index (χ4v) is 3.09. The highest BCUT2D eigenvalue weighted by molar-refractivity contribution is 9.10. The number of benzene rings is 1. The van der Waals surface area contributed by atoms with Crippen LogP contribution in [0.1, 0.15) is 27.6 Å². The number of ether oxygens (including phenoxy) is 1. The number of pyridine rings is 1. The van der Waals surface area contributed by atoms with Gasteiger partial charge in [-0.3, -0.25) is 4.79 Å². The Morgan fingerprint density at radius 3 is 2.27 bits per heavy atom. The monoisotopic (exact) mass is 417 g/mol. The van der Waals surface area contributed by atoms with Crippen LogP contribution in [0.4, 0.5) is 5.82 Å². The molecule has 1 saturated heterocycles. The average molecular weight is 418 g/mol. The van der Waals surface area contributed by atoms with Gasteiger partial charge in [0, 0.05) is 42.4 Å². The van der Waals surface area contributed by atoms with Crippen LogP contribution in [0.15, 0.2) is 47.1 Å². The Labute approximate surface area is 160 Å². The van der Waals surface area contributed by atoms with Gasteiger partial charge in [0.2, 0.25) is 0 Å². The van der Waals surface area contributed by atoms with Crippen molar-refractivity contribution in [1.82, 2.24) is 9.88 Å². The van der Waals surface area contributed by atoms with Crippen molar-refractivity contribution in [2.24, 2.45) is 0 Å². The van der Waals surface area contributed by atoms with E-state index in [1.54, 1.807) is 13.0 Å². The van der Waals surface area contributed by atoms with Crippen molar-refractivity contribution in [2.45, 2.75) is 6.92 Å². The summed E-state index contributed by atoms with van der Waals surface area (Å²) in [5, 5.41) is 0. The van der Waals surface area contributed by atoms with Crippen LogP contribution < -0.4 is 4.90 Å². The molecule has 1 fully saturated rings. The van der Waals surface area contributed by atoms with Crippen molar-refractivity contribution in [1.29, 1.82) is 0 Å². The van der Waals surface area contributed by atoms with E-state index < -0.39 is 0 Å². The SMILES string of the molecule is CCOC(=O)c1ccc(N2CCN(C(=O)c3ccc(Br)cc3)CC2)nc1. The molecule has 0 spiro atoms. The molecule has 0 radical (unpaired) electrons. The molecule has 1 amide bonds. The van der Waals surface area contributed by atoms with Crippen LogP contribution in [0.3, 0.4) is 0 Å². The number of rotatable bonds is 4. The van der Waals surface area contributed by atoms with Crippen molar-refractivity contribution in [3.05, 3.63) is 58.2 Å². The summed E-state index contributed by atoms with van der Waals surface area (Å²) in [5.41, 5.74) is 1.14. The molecular weight excluding hydrogens is 398 g/mol. The summed E-state index contributed by atoms with van der Waals surface area (Å²) in [5.74, 6) is 0.480. The highest BCUT2D eigenvalue weighted by atomic mass is 79.9. The Kier molecular flexibility index (Phi) is 5.88. The zero-order valence-corrected chi connectivity index (χ0v) is 16.1. The van der Waals surface area contributed by atoms with E-state index in [1.165, 1.54) is 6.20 Å². The molecule has 26 heavy (non-hydrogen) atoms. The molecule has 0 unspecified atom stereocenters. The first-order chi connectivity index (χ1) is 12.6. The highest BCUT2D eigenvalue weighted by Crippen LogP contribution is 2.17. The first-order valence-electron chi connectivity index (χ1n) is 8.51. The lowest BCUT2D eigenvalue weighted by Crippen LogP contribution is -2.49. The van der Waals surface area contributed by atoms with Crippen LogP contribution in [0, 0.1) is 0 Å². The van der Waals surface area contributed by atoms with E-state index in [0.717, 1.165) is 10.3 Å². The lowest BCUT2D eigenvalue weighted by Gasteiger charge is -2.35. The number of anilines is 1. The fraction of sp³-hybridized carbons (Fsp3) is 0.316. The smallest absolute Gasteiger partial charge is 0.339 e. The predicted octanol–water partition coefficient (Wildman–Crippen LogP) is 2.98. The van der Waals surface area contributed by atoms with Crippen LogP contribution in [0.5, 0.6) is 0 Å². The number of hydrogen-bond donors (Lipinski definition) is 0. The number of piperazine rings is 1. The maximum Gasteiger partial charge on any atom is 0.339 e. The molecule has 1 aromatic carbocycles. The van der Waals surface area contributed by atoms with E-state index in [2.05, 4.69) is 25.8 Å². The Bertz CT molecular complexity index is 770. The quantitative estimate of drug-likeness (QED) is 0.715. The van der Waals surface area contributed by atoms with Gasteiger partial charge in [0.25, 0.3) is 5.91 Å².